The second-order valence-electron chi connectivity index (χ2n) is 8.86. The zero-order valence-electron chi connectivity index (χ0n) is 20.2. The van der Waals surface area contributed by atoms with Crippen molar-refractivity contribution in [1.82, 2.24) is 9.80 Å². The molecular weight excluding hydrogens is 462 g/mol. The number of fused-ring (bicyclic) bond motifs is 1. The number of nitrogens with zero attached hydrogens (tertiary/aromatic N) is 3. The van der Waals surface area contributed by atoms with E-state index in [1.54, 1.807) is 31.6 Å². The molecular formula is C27H29N3O4S. The van der Waals surface area contributed by atoms with Gasteiger partial charge in [-0.25, -0.2) is 0 Å². The Hall–Kier alpha value is -3.36. The smallest absolute Gasteiger partial charge is 0.264 e. The number of ether oxygens (including phenoxy) is 2. The van der Waals surface area contributed by atoms with E-state index in [1.165, 1.54) is 4.90 Å². The summed E-state index contributed by atoms with van der Waals surface area (Å²) in [5.41, 5.74) is 3.02. The Kier molecular flexibility index (Phi) is 6.49. The first-order chi connectivity index (χ1) is 17.0. The maximum absolute atomic E-state index is 13.5. The molecule has 2 aliphatic heterocycles. The monoisotopic (exact) mass is 491 g/mol. The van der Waals surface area contributed by atoms with E-state index < -0.39 is 0 Å². The van der Waals surface area contributed by atoms with Crippen LogP contribution in [0.4, 0.5) is 5.69 Å². The molecule has 5 rings (SSSR count). The molecule has 1 unspecified atom stereocenters. The molecule has 182 valence electrons. The Morgan fingerprint density at radius 1 is 0.914 bits per heavy atom. The predicted molar refractivity (Wildman–Crippen MR) is 137 cm³/mol. The summed E-state index contributed by atoms with van der Waals surface area (Å²) in [5.74, 6) is 1.15. The van der Waals surface area contributed by atoms with Gasteiger partial charge in [0.1, 0.15) is 11.5 Å². The van der Waals surface area contributed by atoms with Crippen LogP contribution in [0.15, 0.2) is 53.9 Å². The summed E-state index contributed by atoms with van der Waals surface area (Å²) in [6.07, 6.45) is 0. The van der Waals surface area contributed by atoms with Crippen molar-refractivity contribution in [2.75, 3.05) is 45.3 Å². The molecule has 1 atom stereocenters. The number of benzene rings is 2. The third kappa shape index (κ3) is 4.39. The van der Waals surface area contributed by atoms with Crippen molar-refractivity contribution < 1.29 is 19.1 Å². The molecule has 0 N–H and O–H groups in total. The van der Waals surface area contributed by atoms with Crippen molar-refractivity contribution in [2.45, 2.75) is 19.5 Å². The molecule has 0 saturated carbocycles. The summed E-state index contributed by atoms with van der Waals surface area (Å²) in [7, 11) is 3.31. The van der Waals surface area contributed by atoms with Gasteiger partial charge in [-0.15, -0.1) is 11.3 Å². The first kappa shape index (κ1) is 23.4. The van der Waals surface area contributed by atoms with E-state index >= 15 is 0 Å². The maximum atomic E-state index is 13.5. The molecule has 0 radical (unpaired) electrons. The molecule has 0 aliphatic carbocycles. The second kappa shape index (κ2) is 9.71. The standard InChI is InChI=1S/C27H29N3O4S/c1-18(24-8-5-13-35-24)30-26(31)22-6-4-7-23(25(22)27(30)32)29-11-9-28(10-12-29)17-19-14-20(33-2)16-21(15-19)34-3/h4-8,13-16,18H,9-12,17H2,1-3H3. The normalized spacial score (nSPS) is 17.0. The second-order valence-corrected chi connectivity index (χ2v) is 9.83. The van der Waals surface area contributed by atoms with E-state index in [1.807, 2.05) is 54.8 Å². The molecule has 2 aliphatic rings. The van der Waals surface area contributed by atoms with E-state index in [4.69, 9.17) is 9.47 Å². The van der Waals surface area contributed by atoms with Gasteiger partial charge >= 0.3 is 0 Å². The predicted octanol–water partition coefficient (Wildman–Crippen LogP) is 4.44. The number of carbonyl (C=O) groups is 2. The highest BCUT2D eigenvalue weighted by Gasteiger charge is 2.41. The molecule has 8 heteroatoms. The molecule has 0 spiro atoms. The van der Waals surface area contributed by atoms with Crippen molar-refractivity contribution in [3.8, 4) is 11.5 Å². The van der Waals surface area contributed by atoms with Crippen LogP contribution in [0, 0.1) is 0 Å². The fraction of sp³-hybridized carbons (Fsp3) is 0.333. The van der Waals surface area contributed by atoms with Gasteiger partial charge in [0.25, 0.3) is 11.8 Å². The number of hydrogen-bond acceptors (Lipinski definition) is 7. The van der Waals surface area contributed by atoms with Crippen molar-refractivity contribution in [3.63, 3.8) is 0 Å². The van der Waals surface area contributed by atoms with Crippen LogP contribution >= 0.6 is 11.3 Å². The number of carbonyl (C=O) groups excluding carboxylic acids is 2. The van der Waals surface area contributed by atoms with Crippen LogP contribution in [0.25, 0.3) is 0 Å². The summed E-state index contributed by atoms with van der Waals surface area (Å²) in [6.45, 7) is 5.96. The number of piperazine rings is 1. The number of amides is 2. The number of hydrogen-bond donors (Lipinski definition) is 0. The average molecular weight is 492 g/mol. The fourth-order valence-corrected chi connectivity index (χ4v) is 5.69. The van der Waals surface area contributed by atoms with E-state index in [-0.39, 0.29) is 17.9 Å². The number of anilines is 1. The average Bonchev–Trinajstić information content (AvgIpc) is 3.51. The van der Waals surface area contributed by atoms with E-state index in [9.17, 15) is 9.59 Å². The van der Waals surface area contributed by atoms with Crippen LogP contribution in [-0.2, 0) is 6.54 Å². The Balaban J connectivity index is 1.31. The van der Waals surface area contributed by atoms with E-state index in [0.717, 1.165) is 60.4 Å². The molecule has 1 aromatic heterocycles. The first-order valence-corrected chi connectivity index (χ1v) is 12.6. The van der Waals surface area contributed by atoms with Gasteiger partial charge in [0, 0.05) is 43.7 Å². The third-order valence-electron chi connectivity index (χ3n) is 6.80. The molecule has 3 heterocycles. The van der Waals surface area contributed by atoms with Crippen LogP contribution in [-0.4, -0.2) is 62.0 Å². The lowest BCUT2D eigenvalue weighted by atomic mass is 10.1. The largest absolute Gasteiger partial charge is 0.497 e. The number of methoxy groups -OCH3 is 2. The van der Waals surface area contributed by atoms with Crippen molar-refractivity contribution >= 4 is 28.8 Å². The Morgan fingerprint density at radius 2 is 1.63 bits per heavy atom. The van der Waals surface area contributed by atoms with Crippen molar-refractivity contribution in [3.05, 3.63) is 75.5 Å². The lowest BCUT2D eigenvalue weighted by molar-refractivity contribution is 0.0598. The molecule has 1 saturated heterocycles. The summed E-state index contributed by atoms with van der Waals surface area (Å²) in [6, 6.07) is 15.2. The van der Waals surface area contributed by atoms with Gasteiger partial charge in [0.2, 0.25) is 0 Å². The van der Waals surface area contributed by atoms with Gasteiger partial charge in [-0.3, -0.25) is 19.4 Å². The van der Waals surface area contributed by atoms with Gasteiger partial charge in [0.15, 0.2) is 0 Å². The minimum atomic E-state index is -0.285. The minimum Gasteiger partial charge on any atom is -0.497 e. The lowest BCUT2D eigenvalue weighted by Crippen LogP contribution is -2.46. The molecule has 1 fully saturated rings. The summed E-state index contributed by atoms with van der Waals surface area (Å²) >= 11 is 1.56. The summed E-state index contributed by atoms with van der Waals surface area (Å²) in [4.78, 5) is 33.7. The van der Waals surface area contributed by atoms with Gasteiger partial charge in [-0.05, 0) is 48.2 Å². The SMILES string of the molecule is COc1cc(CN2CCN(c3cccc4c3C(=O)N(C(C)c3cccs3)C4=O)CC2)cc(OC)c1. The van der Waals surface area contributed by atoms with Gasteiger partial charge in [0.05, 0.1) is 37.1 Å². The molecule has 35 heavy (non-hydrogen) atoms. The number of thiophene rings is 1. The zero-order valence-corrected chi connectivity index (χ0v) is 21.0. The van der Waals surface area contributed by atoms with Crippen LogP contribution in [0.2, 0.25) is 0 Å². The maximum Gasteiger partial charge on any atom is 0.264 e. The first-order valence-electron chi connectivity index (χ1n) is 11.7. The minimum absolute atomic E-state index is 0.201. The highest BCUT2D eigenvalue weighted by molar-refractivity contribution is 7.10. The highest BCUT2D eigenvalue weighted by Crippen LogP contribution is 2.37. The Morgan fingerprint density at radius 3 is 2.26 bits per heavy atom. The summed E-state index contributed by atoms with van der Waals surface area (Å²) in [5, 5.41) is 1.97. The fourth-order valence-electron chi connectivity index (χ4n) is 4.92. The molecule has 0 bridgehead atoms. The highest BCUT2D eigenvalue weighted by atomic mass is 32.1. The van der Waals surface area contributed by atoms with Crippen LogP contribution in [0.3, 0.4) is 0 Å². The third-order valence-corrected chi connectivity index (χ3v) is 7.84. The van der Waals surface area contributed by atoms with Crippen LogP contribution < -0.4 is 14.4 Å². The van der Waals surface area contributed by atoms with Crippen LogP contribution in [0.1, 0.15) is 44.1 Å². The van der Waals surface area contributed by atoms with Gasteiger partial charge in [-0.2, -0.15) is 0 Å². The van der Waals surface area contributed by atoms with E-state index in [0.29, 0.717) is 11.1 Å². The van der Waals surface area contributed by atoms with Crippen LogP contribution in [0.5, 0.6) is 11.5 Å². The number of rotatable bonds is 7. The van der Waals surface area contributed by atoms with Gasteiger partial charge in [-0.1, -0.05) is 12.1 Å². The van der Waals surface area contributed by atoms with Gasteiger partial charge < -0.3 is 14.4 Å². The molecule has 2 amide bonds. The Labute approximate surface area is 209 Å². The van der Waals surface area contributed by atoms with Crippen molar-refractivity contribution in [2.24, 2.45) is 0 Å². The molecule has 7 nitrogen and oxygen atoms in total. The topological polar surface area (TPSA) is 62.3 Å². The van der Waals surface area contributed by atoms with E-state index in [2.05, 4.69) is 9.80 Å². The number of imide groups is 1. The lowest BCUT2D eigenvalue weighted by Gasteiger charge is -2.36. The van der Waals surface area contributed by atoms with Crippen molar-refractivity contribution in [1.29, 1.82) is 0 Å². The summed E-state index contributed by atoms with van der Waals surface area (Å²) < 4.78 is 10.8. The molecule has 3 aromatic rings. The Bertz CT molecular complexity index is 1210. The molecule has 2 aromatic carbocycles. The zero-order chi connectivity index (χ0) is 24.5. The quantitative estimate of drug-likeness (QED) is 0.455.